The van der Waals surface area contributed by atoms with Crippen molar-refractivity contribution in [1.29, 1.82) is 5.26 Å². The van der Waals surface area contributed by atoms with Crippen molar-refractivity contribution >= 4 is 5.69 Å². The average molecular weight is 311 g/mol. The van der Waals surface area contributed by atoms with Gasteiger partial charge in [-0.1, -0.05) is 26.8 Å². The van der Waals surface area contributed by atoms with Crippen LogP contribution >= 0.6 is 0 Å². The first-order valence-electron chi connectivity index (χ1n) is 9.02. The second-order valence-electron chi connectivity index (χ2n) is 8.06. The van der Waals surface area contributed by atoms with E-state index in [0.717, 1.165) is 30.4 Å². The first kappa shape index (κ1) is 16.3. The summed E-state index contributed by atoms with van der Waals surface area (Å²) in [5.41, 5.74) is 3.29. The zero-order valence-corrected chi connectivity index (χ0v) is 14.8. The zero-order valence-electron chi connectivity index (χ0n) is 14.8. The van der Waals surface area contributed by atoms with Crippen molar-refractivity contribution in [2.24, 2.45) is 0 Å². The number of piperidine rings is 1. The van der Waals surface area contributed by atoms with E-state index in [9.17, 15) is 5.26 Å². The number of rotatable bonds is 2. The number of hydrogen-bond acceptors (Lipinski definition) is 3. The van der Waals surface area contributed by atoms with E-state index in [-0.39, 0.29) is 5.41 Å². The Morgan fingerprint density at radius 1 is 1.04 bits per heavy atom. The number of nitrogens with zero attached hydrogens (tertiary/aromatic N) is 3. The van der Waals surface area contributed by atoms with Gasteiger partial charge in [-0.15, -0.1) is 0 Å². The van der Waals surface area contributed by atoms with Crippen molar-refractivity contribution in [3.63, 3.8) is 0 Å². The van der Waals surface area contributed by atoms with E-state index in [1.807, 2.05) is 0 Å². The predicted molar refractivity (Wildman–Crippen MR) is 95.9 cm³/mol. The molecule has 0 N–H and O–H groups in total. The molecule has 124 valence electrons. The molecular weight excluding hydrogens is 282 g/mol. The molecule has 0 bridgehead atoms. The van der Waals surface area contributed by atoms with Crippen molar-refractivity contribution in [3.8, 4) is 6.07 Å². The van der Waals surface area contributed by atoms with Crippen LogP contribution in [0, 0.1) is 11.3 Å². The predicted octanol–water partition coefficient (Wildman–Crippen LogP) is 3.92. The lowest BCUT2D eigenvalue weighted by Crippen LogP contribution is -2.44. The number of nitriles is 1. The van der Waals surface area contributed by atoms with Gasteiger partial charge in [0.15, 0.2) is 0 Å². The largest absolute Gasteiger partial charge is 0.370 e. The molecule has 2 aliphatic heterocycles. The Balaban J connectivity index is 1.71. The van der Waals surface area contributed by atoms with Gasteiger partial charge in [0.1, 0.15) is 6.07 Å². The molecule has 3 rings (SSSR count). The molecule has 0 spiro atoms. The van der Waals surface area contributed by atoms with Gasteiger partial charge in [-0.05, 0) is 61.9 Å². The molecule has 23 heavy (non-hydrogen) atoms. The maximum absolute atomic E-state index is 9.58. The van der Waals surface area contributed by atoms with E-state index >= 15 is 0 Å². The van der Waals surface area contributed by atoms with Crippen LogP contribution in [0.4, 0.5) is 5.69 Å². The molecule has 2 fully saturated rings. The quantitative estimate of drug-likeness (QED) is 0.829. The molecule has 3 nitrogen and oxygen atoms in total. The molecule has 1 aromatic rings. The summed E-state index contributed by atoms with van der Waals surface area (Å²) in [4.78, 5) is 5.09. The highest BCUT2D eigenvalue weighted by molar-refractivity contribution is 5.61. The van der Waals surface area contributed by atoms with Crippen LogP contribution in [0.3, 0.4) is 0 Å². The van der Waals surface area contributed by atoms with E-state index in [1.165, 1.54) is 44.3 Å². The summed E-state index contributed by atoms with van der Waals surface area (Å²) < 4.78 is 0. The van der Waals surface area contributed by atoms with Gasteiger partial charge in [0.05, 0.1) is 11.3 Å². The fourth-order valence-electron chi connectivity index (χ4n) is 3.95. The third kappa shape index (κ3) is 3.53. The van der Waals surface area contributed by atoms with Gasteiger partial charge >= 0.3 is 0 Å². The summed E-state index contributed by atoms with van der Waals surface area (Å²) >= 11 is 0. The Kier molecular flexibility index (Phi) is 4.64. The molecule has 0 saturated carbocycles. The zero-order chi connectivity index (χ0) is 16.4. The third-order valence-corrected chi connectivity index (χ3v) is 5.45. The first-order chi connectivity index (χ1) is 11.0. The minimum atomic E-state index is 0.0902. The Labute approximate surface area is 140 Å². The molecule has 2 saturated heterocycles. The van der Waals surface area contributed by atoms with Gasteiger partial charge in [0.2, 0.25) is 0 Å². The van der Waals surface area contributed by atoms with Gasteiger partial charge in [-0.25, -0.2) is 0 Å². The molecule has 2 aliphatic rings. The minimum absolute atomic E-state index is 0.0902. The van der Waals surface area contributed by atoms with E-state index in [0.29, 0.717) is 0 Å². The second-order valence-corrected chi connectivity index (χ2v) is 8.06. The van der Waals surface area contributed by atoms with Crippen LogP contribution in [0.2, 0.25) is 0 Å². The summed E-state index contributed by atoms with van der Waals surface area (Å²) in [5, 5.41) is 9.58. The summed E-state index contributed by atoms with van der Waals surface area (Å²) in [5.74, 6) is 0. The smallest absolute Gasteiger partial charge is 0.101 e. The lowest BCUT2D eigenvalue weighted by Gasteiger charge is -2.38. The van der Waals surface area contributed by atoms with E-state index in [1.54, 1.807) is 0 Å². The standard InChI is InChI=1S/C20H29N3/c1-20(2,3)17-6-7-19(16(14-17)15-21)23-12-8-18(9-13-23)22-10-4-5-11-22/h6-7,14,18H,4-5,8-13H2,1-3H3. The van der Waals surface area contributed by atoms with Crippen LogP contribution < -0.4 is 4.90 Å². The van der Waals surface area contributed by atoms with Crippen LogP contribution in [-0.2, 0) is 5.41 Å². The third-order valence-electron chi connectivity index (χ3n) is 5.45. The second kappa shape index (κ2) is 6.53. The summed E-state index contributed by atoms with van der Waals surface area (Å²) in [6, 6.07) is 9.62. The summed E-state index contributed by atoms with van der Waals surface area (Å²) in [7, 11) is 0. The van der Waals surface area contributed by atoms with Crippen LogP contribution in [0.1, 0.15) is 57.6 Å². The number of anilines is 1. The SMILES string of the molecule is CC(C)(C)c1ccc(N2CCC(N3CCCC3)CC2)c(C#N)c1. The molecule has 0 radical (unpaired) electrons. The fraction of sp³-hybridized carbons (Fsp3) is 0.650. The molecule has 1 aromatic carbocycles. The van der Waals surface area contributed by atoms with Gasteiger partial charge in [0.25, 0.3) is 0 Å². The Morgan fingerprint density at radius 2 is 1.70 bits per heavy atom. The van der Waals surface area contributed by atoms with Crippen molar-refractivity contribution in [2.75, 3.05) is 31.1 Å². The highest BCUT2D eigenvalue weighted by Gasteiger charge is 2.27. The molecular formula is C20H29N3. The van der Waals surface area contributed by atoms with Crippen LogP contribution in [0.25, 0.3) is 0 Å². The Bertz CT molecular complexity index is 580. The van der Waals surface area contributed by atoms with Crippen molar-refractivity contribution in [1.82, 2.24) is 4.90 Å². The van der Waals surface area contributed by atoms with Crippen molar-refractivity contribution < 1.29 is 0 Å². The maximum Gasteiger partial charge on any atom is 0.101 e. The lowest BCUT2D eigenvalue weighted by molar-refractivity contribution is 0.208. The average Bonchev–Trinajstić information content (AvgIpc) is 3.08. The van der Waals surface area contributed by atoms with Crippen LogP contribution in [0.5, 0.6) is 0 Å². The van der Waals surface area contributed by atoms with Crippen molar-refractivity contribution in [2.45, 2.75) is 57.9 Å². The summed E-state index contributed by atoms with van der Waals surface area (Å²) in [6.07, 6.45) is 5.19. The van der Waals surface area contributed by atoms with Gasteiger partial charge < -0.3 is 9.80 Å². The molecule has 0 amide bonds. The first-order valence-corrected chi connectivity index (χ1v) is 9.02. The Morgan fingerprint density at radius 3 is 2.26 bits per heavy atom. The van der Waals surface area contributed by atoms with Gasteiger partial charge in [-0.3, -0.25) is 0 Å². The molecule has 0 unspecified atom stereocenters. The summed E-state index contributed by atoms with van der Waals surface area (Å²) in [6.45, 7) is 11.3. The topological polar surface area (TPSA) is 30.3 Å². The number of benzene rings is 1. The van der Waals surface area contributed by atoms with E-state index < -0.39 is 0 Å². The Hall–Kier alpha value is -1.53. The molecule has 3 heteroatoms. The monoisotopic (exact) mass is 311 g/mol. The van der Waals surface area contributed by atoms with Crippen LogP contribution in [-0.4, -0.2) is 37.1 Å². The number of hydrogen-bond donors (Lipinski definition) is 0. The van der Waals surface area contributed by atoms with Crippen molar-refractivity contribution in [3.05, 3.63) is 29.3 Å². The number of likely N-dealkylation sites (tertiary alicyclic amines) is 1. The van der Waals surface area contributed by atoms with E-state index in [2.05, 4.69) is 54.8 Å². The molecule has 0 aliphatic carbocycles. The molecule has 0 aromatic heterocycles. The minimum Gasteiger partial charge on any atom is -0.370 e. The highest BCUT2D eigenvalue weighted by Crippen LogP contribution is 2.31. The molecule has 2 heterocycles. The molecule has 0 atom stereocenters. The van der Waals surface area contributed by atoms with Crippen LogP contribution in [0.15, 0.2) is 18.2 Å². The van der Waals surface area contributed by atoms with Gasteiger partial charge in [-0.2, -0.15) is 5.26 Å². The lowest BCUT2D eigenvalue weighted by atomic mass is 9.86. The fourth-order valence-corrected chi connectivity index (χ4v) is 3.95. The van der Waals surface area contributed by atoms with E-state index in [4.69, 9.17) is 0 Å². The van der Waals surface area contributed by atoms with Gasteiger partial charge in [0, 0.05) is 19.1 Å². The normalized spacial score (nSPS) is 20.7. The highest BCUT2D eigenvalue weighted by atomic mass is 15.2. The maximum atomic E-state index is 9.58.